The van der Waals surface area contributed by atoms with Gasteiger partial charge in [-0.15, -0.1) is 0 Å². The number of hydrogen-bond donors (Lipinski definition) is 1. The lowest BCUT2D eigenvalue weighted by Gasteiger charge is -2.16. The third-order valence-electron chi connectivity index (χ3n) is 4.32. The first-order chi connectivity index (χ1) is 11.2. The molecule has 2 aromatic carbocycles. The lowest BCUT2D eigenvalue weighted by molar-refractivity contribution is 0.303. The zero-order valence-electron chi connectivity index (χ0n) is 14.4. The van der Waals surface area contributed by atoms with Crippen LogP contribution >= 0.6 is 0 Å². The lowest BCUT2D eigenvalue weighted by Crippen LogP contribution is -2.13. The highest BCUT2D eigenvalue weighted by Crippen LogP contribution is 2.23. The van der Waals surface area contributed by atoms with Crippen LogP contribution in [0.2, 0.25) is 0 Å². The van der Waals surface area contributed by atoms with E-state index in [9.17, 15) is 0 Å². The van der Waals surface area contributed by atoms with E-state index < -0.39 is 0 Å². The SMILES string of the molecule is CC(C)c1ccc(C(CN)CCCCOc2ccccc2)cc1. The molecule has 0 aliphatic rings. The van der Waals surface area contributed by atoms with Gasteiger partial charge in [0, 0.05) is 0 Å². The van der Waals surface area contributed by atoms with Crippen molar-refractivity contribution in [3.8, 4) is 5.75 Å². The minimum Gasteiger partial charge on any atom is -0.494 e. The van der Waals surface area contributed by atoms with E-state index in [2.05, 4.69) is 38.1 Å². The van der Waals surface area contributed by atoms with Gasteiger partial charge in [0.15, 0.2) is 0 Å². The van der Waals surface area contributed by atoms with E-state index in [4.69, 9.17) is 10.5 Å². The van der Waals surface area contributed by atoms with E-state index in [0.717, 1.165) is 31.6 Å². The molecule has 2 rings (SSSR count). The van der Waals surface area contributed by atoms with Crippen LogP contribution in [0.25, 0.3) is 0 Å². The Morgan fingerprint density at radius 1 is 0.870 bits per heavy atom. The first-order valence-corrected chi connectivity index (χ1v) is 8.68. The highest BCUT2D eigenvalue weighted by Gasteiger charge is 2.10. The molecule has 0 aliphatic carbocycles. The van der Waals surface area contributed by atoms with E-state index in [1.165, 1.54) is 11.1 Å². The molecule has 0 heterocycles. The van der Waals surface area contributed by atoms with Gasteiger partial charge < -0.3 is 10.5 Å². The lowest BCUT2D eigenvalue weighted by atomic mass is 9.91. The highest BCUT2D eigenvalue weighted by molar-refractivity contribution is 5.27. The molecule has 0 saturated carbocycles. The second kappa shape index (κ2) is 9.36. The standard InChI is InChI=1S/C21H29NO/c1-17(2)18-11-13-19(14-12-18)20(16-22)8-6-7-15-23-21-9-4-3-5-10-21/h3-5,9-14,17,20H,6-8,15-16,22H2,1-2H3. The minimum atomic E-state index is 0.452. The van der Waals surface area contributed by atoms with Gasteiger partial charge in [0.25, 0.3) is 0 Å². The van der Waals surface area contributed by atoms with Gasteiger partial charge in [0.05, 0.1) is 6.61 Å². The van der Waals surface area contributed by atoms with Crippen LogP contribution in [0.1, 0.15) is 56.1 Å². The smallest absolute Gasteiger partial charge is 0.119 e. The van der Waals surface area contributed by atoms with E-state index in [1.807, 2.05) is 30.3 Å². The van der Waals surface area contributed by atoms with Crippen LogP contribution in [0.15, 0.2) is 54.6 Å². The predicted octanol–water partition coefficient (Wildman–Crippen LogP) is 5.10. The number of unbranched alkanes of at least 4 members (excludes halogenated alkanes) is 1. The summed E-state index contributed by atoms with van der Waals surface area (Å²) in [5.41, 5.74) is 8.73. The Morgan fingerprint density at radius 3 is 2.13 bits per heavy atom. The summed E-state index contributed by atoms with van der Waals surface area (Å²) in [4.78, 5) is 0. The fourth-order valence-electron chi connectivity index (χ4n) is 2.77. The van der Waals surface area contributed by atoms with E-state index in [-0.39, 0.29) is 0 Å². The van der Waals surface area contributed by atoms with Crippen LogP contribution < -0.4 is 10.5 Å². The van der Waals surface area contributed by atoms with E-state index >= 15 is 0 Å². The molecule has 2 N–H and O–H groups in total. The highest BCUT2D eigenvalue weighted by atomic mass is 16.5. The molecule has 124 valence electrons. The normalized spacial score (nSPS) is 12.3. The molecule has 2 nitrogen and oxygen atoms in total. The van der Waals surface area contributed by atoms with Crippen LogP contribution in [0.5, 0.6) is 5.75 Å². The summed E-state index contributed by atoms with van der Waals surface area (Å²) in [7, 11) is 0. The van der Waals surface area contributed by atoms with Crippen molar-refractivity contribution in [3.05, 3.63) is 65.7 Å². The number of benzene rings is 2. The maximum atomic E-state index is 5.98. The molecule has 1 unspecified atom stereocenters. The Balaban J connectivity index is 1.74. The van der Waals surface area contributed by atoms with Crippen molar-refractivity contribution in [2.45, 2.75) is 44.9 Å². The molecule has 0 saturated heterocycles. The summed E-state index contributed by atoms with van der Waals surface area (Å²) in [6, 6.07) is 19.0. The van der Waals surface area contributed by atoms with Gasteiger partial charge in [-0.1, -0.05) is 56.3 Å². The van der Waals surface area contributed by atoms with Crippen LogP contribution in [-0.4, -0.2) is 13.2 Å². The molecule has 0 aromatic heterocycles. The summed E-state index contributed by atoms with van der Waals surface area (Å²) in [5, 5.41) is 0. The first-order valence-electron chi connectivity index (χ1n) is 8.68. The molecular weight excluding hydrogens is 282 g/mol. The zero-order chi connectivity index (χ0) is 16.5. The Kier molecular flexibility index (Phi) is 7.15. The number of ether oxygens (including phenoxy) is 1. The van der Waals surface area contributed by atoms with Crippen LogP contribution in [0.4, 0.5) is 0 Å². The van der Waals surface area contributed by atoms with Crippen LogP contribution in [0.3, 0.4) is 0 Å². The molecule has 1 atom stereocenters. The molecule has 2 aromatic rings. The van der Waals surface area contributed by atoms with Gasteiger partial charge in [-0.3, -0.25) is 0 Å². The Labute approximate surface area is 140 Å². The quantitative estimate of drug-likeness (QED) is 0.654. The molecule has 0 spiro atoms. The first kappa shape index (κ1) is 17.6. The molecular formula is C21H29NO. The molecule has 0 bridgehead atoms. The second-order valence-corrected chi connectivity index (χ2v) is 6.41. The van der Waals surface area contributed by atoms with Crippen molar-refractivity contribution in [1.82, 2.24) is 0 Å². The maximum Gasteiger partial charge on any atom is 0.119 e. The molecule has 0 radical (unpaired) electrons. The summed E-state index contributed by atoms with van der Waals surface area (Å²) in [6.45, 7) is 5.93. The molecule has 23 heavy (non-hydrogen) atoms. The summed E-state index contributed by atoms with van der Waals surface area (Å²) >= 11 is 0. The number of rotatable bonds is 9. The summed E-state index contributed by atoms with van der Waals surface area (Å²) < 4.78 is 5.74. The zero-order valence-corrected chi connectivity index (χ0v) is 14.4. The molecule has 0 amide bonds. The van der Waals surface area contributed by atoms with Gasteiger partial charge in [-0.05, 0) is 60.9 Å². The molecule has 0 fully saturated rings. The monoisotopic (exact) mass is 311 g/mol. The Morgan fingerprint density at radius 2 is 1.52 bits per heavy atom. The largest absolute Gasteiger partial charge is 0.494 e. The van der Waals surface area contributed by atoms with Gasteiger partial charge in [-0.25, -0.2) is 0 Å². The van der Waals surface area contributed by atoms with Crippen LogP contribution in [-0.2, 0) is 0 Å². The fraction of sp³-hybridized carbons (Fsp3) is 0.429. The van der Waals surface area contributed by atoms with Crippen molar-refractivity contribution in [2.24, 2.45) is 5.73 Å². The summed E-state index contributed by atoms with van der Waals surface area (Å²) in [6.07, 6.45) is 3.33. The Bertz CT molecular complexity index is 548. The number of hydrogen-bond acceptors (Lipinski definition) is 2. The van der Waals surface area contributed by atoms with Gasteiger partial charge >= 0.3 is 0 Å². The van der Waals surface area contributed by atoms with Crippen molar-refractivity contribution in [3.63, 3.8) is 0 Å². The Hall–Kier alpha value is -1.80. The van der Waals surface area contributed by atoms with Crippen molar-refractivity contribution in [1.29, 1.82) is 0 Å². The second-order valence-electron chi connectivity index (χ2n) is 6.41. The number of para-hydroxylation sites is 1. The van der Waals surface area contributed by atoms with Gasteiger partial charge in [0.1, 0.15) is 5.75 Å². The molecule has 2 heteroatoms. The van der Waals surface area contributed by atoms with Crippen LogP contribution in [0, 0.1) is 0 Å². The van der Waals surface area contributed by atoms with E-state index in [0.29, 0.717) is 18.4 Å². The fourth-order valence-corrected chi connectivity index (χ4v) is 2.77. The third-order valence-corrected chi connectivity index (χ3v) is 4.32. The maximum absolute atomic E-state index is 5.98. The average molecular weight is 311 g/mol. The average Bonchev–Trinajstić information content (AvgIpc) is 2.59. The van der Waals surface area contributed by atoms with Crippen molar-refractivity contribution >= 4 is 0 Å². The van der Waals surface area contributed by atoms with Crippen molar-refractivity contribution in [2.75, 3.05) is 13.2 Å². The minimum absolute atomic E-state index is 0.452. The predicted molar refractivity (Wildman–Crippen MR) is 98.1 cm³/mol. The topological polar surface area (TPSA) is 35.2 Å². The third kappa shape index (κ3) is 5.72. The van der Waals surface area contributed by atoms with E-state index in [1.54, 1.807) is 0 Å². The molecule has 0 aliphatic heterocycles. The van der Waals surface area contributed by atoms with Gasteiger partial charge in [0.2, 0.25) is 0 Å². The summed E-state index contributed by atoms with van der Waals surface area (Å²) in [5.74, 6) is 1.98. The number of nitrogens with two attached hydrogens (primary N) is 1. The van der Waals surface area contributed by atoms with Gasteiger partial charge in [-0.2, -0.15) is 0 Å². The van der Waals surface area contributed by atoms with Crippen molar-refractivity contribution < 1.29 is 4.74 Å².